The van der Waals surface area contributed by atoms with Gasteiger partial charge in [-0.2, -0.15) is 0 Å². The first-order valence-electron chi connectivity index (χ1n) is 6.15. The minimum absolute atomic E-state index is 0.0407. The first-order valence-corrected chi connectivity index (χ1v) is 7.76. The second kappa shape index (κ2) is 6.41. The number of halogens is 1. The van der Waals surface area contributed by atoms with E-state index in [1.807, 2.05) is 12.1 Å². The first kappa shape index (κ1) is 15.1. The quantitative estimate of drug-likeness (QED) is 0.750. The summed E-state index contributed by atoms with van der Waals surface area (Å²) in [6, 6.07) is 7.33. The van der Waals surface area contributed by atoms with Crippen molar-refractivity contribution >= 4 is 33.0 Å². The van der Waals surface area contributed by atoms with E-state index in [1.165, 1.54) is 16.2 Å². The fraction of sp³-hybridized carbons (Fsp3) is 0.267. The van der Waals surface area contributed by atoms with E-state index in [0.717, 1.165) is 6.42 Å². The molecule has 2 rings (SSSR count). The van der Waals surface area contributed by atoms with Gasteiger partial charge in [0.05, 0.1) is 24.7 Å². The highest BCUT2D eigenvalue weighted by Gasteiger charge is 2.21. The molecule has 0 atom stereocenters. The van der Waals surface area contributed by atoms with Crippen LogP contribution in [0.1, 0.15) is 27.0 Å². The van der Waals surface area contributed by atoms with Crippen LogP contribution in [0.3, 0.4) is 0 Å². The normalized spacial score (nSPS) is 10.4. The van der Waals surface area contributed by atoms with Crippen LogP contribution in [0, 0.1) is 0 Å². The van der Waals surface area contributed by atoms with Crippen molar-refractivity contribution in [1.82, 2.24) is 0 Å². The molecule has 20 heavy (non-hydrogen) atoms. The minimum Gasteiger partial charge on any atom is -0.497 e. The number of ketones is 1. The Morgan fingerprint density at radius 2 is 2.00 bits per heavy atom. The highest BCUT2D eigenvalue weighted by molar-refractivity contribution is 9.10. The van der Waals surface area contributed by atoms with Gasteiger partial charge in [-0.3, -0.25) is 4.79 Å². The molecule has 1 aromatic heterocycles. The maximum atomic E-state index is 12.6. The molecule has 5 heteroatoms. The van der Waals surface area contributed by atoms with E-state index in [4.69, 9.17) is 9.47 Å². The number of aryl methyl sites for hydroxylation is 1. The third-order valence-corrected chi connectivity index (χ3v) is 4.80. The van der Waals surface area contributed by atoms with Gasteiger partial charge in [-0.25, -0.2) is 0 Å². The molecule has 0 spiro atoms. The third kappa shape index (κ3) is 2.88. The number of carbonyl (C=O) groups excluding carboxylic acids is 1. The number of benzene rings is 1. The zero-order valence-corrected chi connectivity index (χ0v) is 13.9. The zero-order valence-electron chi connectivity index (χ0n) is 11.5. The summed E-state index contributed by atoms with van der Waals surface area (Å²) in [6.45, 7) is 2.07. The Morgan fingerprint density at radius 1 is 1.25 bits per heavy atom. The molecular weight excluding hydrogens is 340 g/mol. The van der Waals surface area contributed by atoms with Crippen molar-refractivity contribution in [3.05, 3.63) is 44.1 Å². The van der Waals surface area contributed by atoms with Crippen LogP contribution < -0.4 is 9.47 Å². The summed E-state index contributed by atoms with van der Waals surface area (Å²) in [4.78, 5) is 14.5. The summed E-state index contributed by atoms with van der Waals surface area (Å²) in [5.74, 6) is 1.11. The predicted octanol–water partition coefficient (Wildman–Crippen LogP) is 4.32. The van der Waals surface area contributed by atoms with Crippen LogP contribution in [-0.4, -0.2) is 20.0 Å². The van der Waals surface area contributed by atoms with Gasteiger partial charge in [0.25, 0.3) is 0 Å². The molecule has 0 aliphatic carbocycles. The van der Waals surface area contributed by atoms with Gasteiger partial charge in [0.1, 0.15) is 11.5 Å². The lowest BCUT2D eigenvalue weighted by Gasteiger charge is -2.11. The van der Waals surface area contributed by atoms with Gasteiger partial charge in [0.15, 0.2) is 0 Å². The van der Waals surface area contributed by atoms with Crippen molar-refractivity contribution < 1.29 is 14.3 Å². The molecule has 0 saturated carbocycles. The van der Waals surface area contributed by atoms with E-state index in [0.29, 0.717) is 26.4 Å². The summed E-state index contributed by atoms with van der Waals surface area (Å²) in [6.07, 6.45) is 0.929. The Morgan fingerprint density at radius 3 is 2.55 bits per heavy atom. The molecule has 2 aromatic rings. The maximum Gasteiger partial charge on any atom is 0.207 e. The molecule has 0 aliphatic rings. The maximum absolute atomic E-state index is 12.6. The van der Waals surface area contributed by atoms with Crippen molar-refractivity contribution in [1.29, 1.82) is 0 Å². The van der Waals surface area contributed by atoms with Gasteiger partial charge in [-0.1, -0.05) is 6.92 Å². The summed E-state index contributed by atoms with van der Waals surface area (Å²) >= 11 is 4.94. The monoisotopic (exact) mass is 354 g/mol. The van der Waals surface area contributed by atoms with Crippen LogP contribution in [0.4, 0.5) is 0 Å². The minimum atomic E-state index is -0.0407. The number of rotatable bonds is 5. The SMILES string of the molecule is CCc1ccc(C(=O)c2c(Br)cc(OC)cc2OC)s1. The zero-order chi connectivity index (χ0) is 14.7. The largest absolute Gasteiger partial charge is 0.497 e. The molecule has 106 valence electrons. The second-order valence-electron chi connectivity index (χ2n) is 4.14. The highest BCUT2D eigenvalue weighted by atomic mass is 79.9. The van der Waals surface area contributed by atoms with E-state index in [-0.39, 0.29) is 5.78 Å². The summed E-state index contributed by atoms with van der Waals surface area (Å²) in [5.41, 5.74) is 0.526. The summed E-state index contributed by atoms with van der Waals surface area (Å²) in [5, 5.41) is 0. The third-order valence-electron chi connectivity index (χ3n) is 2.94. The fourth-order valence-corrected chi connectivity index (χ4v) is 3.36. The van der Waals surface area contributed by atoms with Crippen molar-refractivity contribution in [3.8, 4) is 11.5 Å². The lowest BCUT2D eigenvalue weighted by Crippen LogP contribution is -2.04. The molecule has 0 aliphatic heterocycles. The van der Waals surface area contributed by atoms with Gasteiger partial charge in [-0.05, 0) is 40.5 Å². The first-order chi connectivity index (χ1) is 9.60. The van der Waals surface area contributed by atoms with E-state index in [2.05, 4.69) is 22.9 Å². The molecule has 1 aromatic carbocycles. The molecule has 0 radical (unpaired) electrons. The average Bonchev–Trinajstić information content (AvgIpc) is 2.94. The van der Waals surface area contributed by atoms with Crippen LogP contribution in [0.2, 0.25) is 0 Å². The lowest BCUT2D eigenvalue weighted by molar-refractivity contribution is 0.103. The van der Waals surface area contributed by atoms with Crippen LogP contribution in [-0.2, 0) is 6.42 Å². The van der Waals surface area contributed by atoms with E-state index >= 15 is 0 Å². The van der Waals surface area contributed by atoms with Crippen LogP contribution in [0.5, 0.6) is 11.5 Å². The molecule has 1 heterocycles. The molecule has 0 saturated heterocycles. The number of ether oxygens (including phenoxy) is 2. The van der Waals surface area contributed by atoms with Gasteiger partial charge in [-0.15, -0.1) is 11.3 Å². The number of methoxy groups -OCH3 is 2. The number of carbonyl (C=O) groups is 1. The van der Waals surface area contributed by atoms with Crippen molar-refractivity contribution in [3.63, 3.8) is 0 Å². The lowest BCUT2D eigenvalue weighted by atomic mass is 10.1. The Balaban J connectivity index is 2.48. The summed E-state index contributed by atoms with van der Waals surface area (Å²) < 4.78 is 11.2. The smallest absolute Gasteiger partial charge is 0.207 e. The van der Waals surface area contributed by atoms with Crippen molar-refractivity contribution in [2.24, 2.45) is 0 Å². The van der Waals surface area contributed by atoms with Crippen LogP contribution in [0.15, 0.2) is 28.7 Å². The van der Waals surface area contributed by atoms with E-state index in [1.54, 1.807) is 26.4 Å². The molecule has 0 amide bonds. The fourth-order valence-electron chi connectivity index (χ4n) is 1.87. The molecular formula is C15H15BrO3S. The van der Waals surface area contributed by atoms with Crippen molar-refractivity contribution in [2.45, 2.75) is 13.3 Å². The Bertz CT molecular complexity index is 634. The van der Waals surface area contributed by atoms with Gasteiger partial charge >= 0.3 is 0 Å². The Hall–Kier alpha value is -1.33. The van der Waals surface area contributed by atoms with Gasteiger partial charge < -0.3 is 9.47 Å². The van der Waals surface area contributed by atoms with Crippen LogP contribution >= 0.6 is 27.3 Å². The van der Waals surface area contributed by atoms with Gasteiger partial charge in [0, 0.05) is 15.4 Å². The topological polar surface area (TPSA) is 35.5 Å². The summed E-state index contributed by atoms with van der Waals surface area (Å²) in [7, 11) is 3.12. The van der Waals surface area contributed by atoms with Crippen LogP contribution in [0.25, 0.3) is 0 Å². The standard InChI is InChI=1S/C15H15BrO3S/c1-4-10-5-6-13(20-10)15(17)14-11(16)7-9(18-2)8-12(14)19-3/h5-8H,4H2,1-3H3. The molecule has 0 bridgehead atoms. The predicted molar refractivity (Wildman–Crippen MR) is 84.4 cm³/mol. The molecule has 3 nitrogen and oxygen atoms in total. The Kier molecular flexibility index (Phi) is 4.83. The number of hydrogen-bond donors (Lipinski definition) is 0. The Labute approximate surface area is 130 Å². The molecule has 0 fully saturated rings. The molecule has 0 N–H and O–H groups in total. The molecule has 0 unspecified atom stereocenters. The van der Waals surface area contributed by atoms with Crippen molar-refractivity contribution in [2.75, 3.05) is 14.2 Å². The highest BCUT2D eigenvalue weighted by Crippen LogP contribution is 2.35. The average molecular weight is 355 g/mol. The van der Waals surface area contributed by atoms with E-state index < -0.39 is 0 Å². The van der Waals surface area contributed by atoms with E-state index in [9.17, 15) is 4.79 Å². The second-order valence-corrected chi connectivity index (χ2v) is 6.16. The number of hydrogen-bond acceptors (Lipinski definition) is 4. The number of thiophene rings is 1. The van der Waals surface area contributed by atoms with Gasteiger partial charge in [0.2, 0.25) is 5.78 Å².